The molecule has 34 heavy (non-hydrogen) atoms. The van der Waals surface area contributed by atoms with E-state index in [4.69, 9.17) is 4.74 Å². The average molecular weight is 461 g/mol. The Morgan fingerprint density at radius 3 is 2.32 bits per heavy atom. The number of para-hydroxylation sites is 1. The molecule has 1 atom stereocenters. The van der Waals surface area contributed by atoms with Crippen LogP contribution >= 0.6 is 0 Å². The molecule has 4 rings (SSSR count). The van der Waals surface area contributed by atoms with Gasteiger partial charge in [-0.1, -0.05) is 31.2 Å². The van der Waals surface area contributed by atoms with Crippen molar-refractivity contribution < 1.29 is 13.9 Å². The molecule has 1 unspecified atom stereocenters. The number of carbonyl (C=O) groups excluding carboxylic acids is 1. The van der Waals surface area contributed by atoms with Crippen molar-refractivity contribution in [2.24, 2.45) is 0 Å². The standard InChI is InChI=1S/C26H24FN3O4/c1-3-22(24(31)28-16-17-8-10-18(27)11-9-17)30-23-7-5-4-6-21(23)25(32)29(26(30)33)19-12-14-20(34-2)15-13-19/h4-15,22H,3,16H2,1-2H3,(H,28,31). The summed E-state index contributed by atoms with van der Waals surface area (Å²) < 4.78 is 20.8. The predicted octanol–water partition coefficient (Wildman–Crippen LogP) is 3.57. The number of benzene rings is 3. The van der Waals surface area contributed by atoms with Crippen LogP contribution in [-0.4, -0.2) is 22.2 Å². The Morgan fingerprint density at radius 1 is 1.00 bits per heavy atom. The van der Waals surface area contributed by atoms with Crippen LogP contribution in [0.25, 0.3) is 16.6 Å². The molecule has 0 bridgehead atoms. The van der Waals surface area contributed by atoms with Gasteiger partial charge in [0.1, 0.15) is 17.6 Å². The highest BCUT2D eigenvalue weighted by Gasteiger charge is 2.25. The molecule has 0 fully saturated rings. The van der Waals surface area contributed by atoms with Crippen molar-refractivity contribution in [3.63, 3.8) is 0 Å². The monoisotopic (exact) mass is 461 g/mol. The van der Waals surface area contributed by atoms with Gasteiger partial charge in [-0.2, -0.15) is 0 Å². The number of nitrogens with one attached hydrogen (secondary N) is 1. The summed E-state index contributed by atoms with van der Waals surface area (Å²) in [4.78, 5) is 40.1. The second kappa shape index (κ2) is 9.74. The topological polar surface area (TPSA) is 82.3 Å². The molecule has 0 aliphatic rings. The number of halogens is 1. The van der Waals surface area contributed by atoms with E-state index in [1.54, 1.807) is 67.6 Å². The molecule has 3 aromatic carbocycles. The van der Waals surface area contributed by atoms with Crippen LogP contribution in [0.15, 0.2) is 82.4 Å². The maximum absolute atomic E-state index is 13.6. The number of rotatable bonds is 7. The SMILES string of the molecule is CCC(C(=O)NCc1ccc(F)cc1)n1c(=O)n(-c2ccc(OC)cc2)c(=O)c2ccccc21. The molecule has 7 nitrogen and oxygen atoms in total. The minimum absolute atomic E-state index is 0.181. The predicted molar refractivity (Wildman–Crippen MR) is 128 cm³/mol. The Hall–Kier alpha value is -4.20. The Balaban J connectivity index is 1.80. The fraction of sp³-hybridized carbons (Fsp3) is 0.192. The molecule has 0 aliphatic carbocycles. The lowest BCUT2D eigenvalue weighted by molar-refractivity contribution is -0.124. The zero-order chi connectivity index (χ0) is 24.2. The third-order valence-electron chi connectivity index (χ3n) is 5.71. The fourth-order valence-corrected chi connectivity index (χ4v) is 3.94. The number of nitrogens with zero attached hydrogens (tertiary/aromatic N) is 2. The van der Waals surface area contributed by atoms with E-state index in [0.717, 1.165) is 10.1 Å². The first-order valence-corrected chi connectivity index (χ1v) is 10.9. The van der Waals surface area contributed by atoms with Crippen LogP contribution in [-0.2, 0) is 11.3 Å². The van der Waals surface area contributed by atoms with Gasteiger partial charge in [-0.3, -0.25) is 14.2 Å². The summed E-state index contributed by atoms with van der Waals surface area (Å²) in [5, 5.41) is 3.15. The lowest BCUT2D eigenvalue weighted by Crippen LogP contribution is -2.44. The molecule has 174 valence electrons. The molecule has 1 N–H and O–H groups in total. The molecule has 1 amide bonds. The molecular formula is C26H24FN3O4. The van der Waals surface area contributed by atoms with E-state index < -0.39 is 17.3 Å². The van der Waals surface area contributed by atoms with E-state index in [0.29, 0.717) is 28.8 Å². The van der Waals surface area contributed by atoms with E-state index in [1.807, 2.05) is 0 Å². The molecule has 0 spiro atoms. The van der Waals surface area contributed by atoms with E-state index in [2.05, 4.69) is 5.32 Å². The maximum atomic E-state index is 13.6. The summed E-state index contributed by atoms with van der Waals surface area (Å²) in [7, 11) is 1.53. The molecule has 0 saturated heterocycles. The number of ether oxygens (including phenoxy) is 1. The van der Waals surface area contributed by atoms with Crippen molar-refractivity contribution in [2.75, 3.05) is 7.11 Å². The highest BCUT2D eigenvalue weighted by molar-refractivity contribution is 5.84. The molecular weight excluding hydrogens is 437 g/mol. The summed E-state index contributed by atoms with van der Waals surface area (Å²) in [6.45, 7) is 1.98. The van der Waals surface area contributed by atoms with E-state index in [9.17, 15) is 18.8 Å². The third-order valence-corrected chi connectivity index (χ3v) is 5.71. The van der Waals surface area contributed by atoms with Gasteiger partial charge in [-0.15, -0.1) is 0 Å². The molecule has 1 aromatic heterocycles. The second-order valence-electron chi connectivity index (χ2n) is 7.78. The van der Waals surface area contributed by atoms with Gasteiger partial charge in [-0.25, -0.2) is 13.8 Å². The van der Waals surface area contributed by atoms with Gasteiger partial charge in [0.2, 0.25) is 5.91 Å². The normalized spacial score (nSPS) is 11.9. The molecule has 0 saturated carbocycles. The van der Waals surface area contributed by atoms with Gasteiger partial charge >= 0.3 is 5.69 Å². The maximum Gasteiger partial charge on any atom is 0.336 e. The largest absolute Gasteiger partial charge is 0.497 e. The van der Waals surface area contributed by atoms with Crippen LogP contribution in [0.2, 0.25) is 0 Å². The number of methoxy groups -OCH3 is 1. The molecule has 1 heterocycles. The molecule has 8 heteroatoms. The van der Waals surface area contributed by atoms with Gasteiger partial charge in [-0.05, 0) is 60.5 Å². The molecule has 0 radical (unpaired) electrons. The summed E-state index contributed by atoms with van der Waals surface area (Å²) >= 11 is 0. The van der Waals surface area contributed by atoms with Crippen molar-refractivity contribution >= 4 is 16.8 Å². The van der Waals surface area contributed by atoms with Crippen molar-refractivity contribution in [2.45, 2.75) is 25.9 Å². The van der Waals surface area contributed by atoms with E-state index >= 15 is 0 Å². The fourth-order valence-electron chi connectivity index (χ4n) is 3.94. The Kier molecular flexibility index (Phi) is 6.58. The van der Waals surface area contributed by atoms with Gasteiger partial charge < -0.3 is 10.1 Å². The van der Waals surface area contributed by atoms with Crippen LogP contribution in [0, 0.1) is 5.82 Å². The van der Waals surface area contributed by atoms with Gasteiger partial charge in [0, 0.05) is 6.54 Å². The number of hydrogen-bond donors (Lipinski definition) is 1. The highest BCUT2D eigenvalue weighted by Crippen LogP contribution is 2.19. The average Bonchev–Trinajstić information content (AvgIpc) is 2.86. The summed E-state index contributed by atoms with van der Waals surface area (Å²) in [5.74, 6) is -0.149. The van der Waals surface area contributed by atoms with Crippen molar-refractivity contribution in [3.05, 3.63) is 105 Å². The Bertz CT molecular complexity index is 1440. The first-order chi connectivity index (χ1) is 16.4. The second-order valence-corrected chi connectivity index (χ2v) is 7.78. The minimum Gasteiger partial charge on any atom is -0.497 e. The van der Waals surface area contributed by atoms with Crippen LogP contribution < -0.4 is 21.3 Å². The van der Waals surface area contributed by atoms with Crippen LogP contribution in [0.4, 0.5) is 4.39 Å². The molecule has 0 aliphatic heterocycles. The van der Waals surface area contributed by atoms with Crippen molar-refractivity contribution in [1.29, 1.82) is 0 Å². The summed E-state index contributed by atoms with van der Waals surface area (Å²) in [6.07, 6.45) is 0.319. The molecule has 4 aromatic rings. The third kappa shape index (κ3) is 4.34. The number of amides is 1. The smallest absolute Gasteiger partial charge is 0.336 e. The van der Waals surface area contributed by atoms with Gasteiger partial charge in [0.25, 0.3) is 5.56 Å². The number of fused-ring (bicyclic) bond motifs is 1. The number of hydrogen-bond acceptors (Lipinski definition) is 4. The van der Waals surface area contributed by atoms with Crippen molar-refractivity contribution in [3.8, 4) is 11.4 Å². The quantitative estimate of drug-likeness (QED) is 0.456. The van der Waals surface area contributed by atoms with Gasteiger partial charge in [0.05, 0.1) is 23.7 Å². The summed E-state index contributed by atoms with van der Waals surface area (Å²) in [6, 6.07) is 18.2. The van der Waals surface area contributed by atoms with Crippen LogP contribution in [0.1, 0.15) is 24.9 Å². The zero-order valence-electron chi connectivity index (χ0n) is 18.8. The zero-order valence-corrected chi connectivity index (χ0v) is 18.8. The highest BCUT2D eigenvalue weighted by atomic mass is 19.1. The van der Waals surface area contributed by atoms with E-state index in [-0.39, 0.29) is 18.3 Å². The number of aromatic nitrogens is 2. The van der Waals surface area contributed by atoms with Gasteiger partial charge in [0.15, 0.2) is 0 Å². The van der Waals surface area contributed by atoms with E-state index in [1.165, 1.54) is 23.8 Å². The lowest BCUT2D eigenvalue weighted by atomic mass is 10.1. The first kappa shape index (κ1) is 23.0. The van der Waals surface area contributed by atoms with Crippen LogP contribution in [0.5, 0.6) is 5.75 Å². The Labute approximate surface area is 195 Å². The summed E-state index contributed by atoms with van der Waals surface area (Å²) in [5.41, 5.74) is 0.397. The lowest BCUT2D eigenvalue weighted by Gasteiger charge is -2.21. The number of carbonyl (C=O) groups is 1. The minimum atomic E-state index is -0.858. The van der Waals surface area contributed by atoms with Crippen LogP contribution in [0.3, 0.4) is 0 Å². The first-order valence-electron chi connectivity index (χ1n) is 10.9. The Morgan fingerprint density at radius 2 is 1.68 bits per heavy atom. The van der Waals surface area contributed by atoms with Crippen molar-refractivity contribution in [1.82, 2.24) is 14.5 Å².